The van der Waals surface area contributed by atoms with Gasteiger partial charge in [0.2, 0.25) is 0 Å². The van der Waals surface area contributed by atoms with Gasteiger partial charge in [-0.25, -0.2) is 0 Å². The second kappa shape index (κ2) is 65.8. The molecule has 0 aromatic carbocycles. The number of carbonyl (C=O) groups excluding carboxylic acids is 3. The highest BCUT2D eigenvalue weighted by Gasteiger charge is 2.19. The summed E-state index contributed by atoms with van der Waals surface area (Å²) in [6.45, 7) is 6.53. The molecule has 0 saturated heterocycles. The molecule has 0 saturated carbocycles. The topological polar surface area (TPSA) is 78.9 Å². The van der Waals surface area contributed by atoms with Crippen molar-refractivity contribution in [1.82, 2.24) is 0 Å². The van der Waals surface area contributed by atoms with Crippen molar-refractivity contribution in [3.63, 3.8) is 0 Å². The van der Waals surface area contributed by atoms with Crippen LogP contribution < -0.4 is 0 Å². The molecule has 0 aromatic rings. The van der Waals surface area contributed by atoms with E-state index in [2.05, 4.69) is 118 Å². The smallest absolute Gasteiger partial charge is 0.306 e. The first-order valence-electron chi connectivity index (χ1n) is 33.2. The van der Waals surface area contributed by atoms with E-state index in [4.69, 9.17) is 14.2 Å². The van der Waals surface area contributed by atoms with Gasteiger partial charge in [0.1, 0.15) is 13.2 Å². The van der Waals surface area contributed by atoms with Crippen LogP contribution in [0.15, 0.2) is 97.2 Å². The zero-order valence-corrected chi connectivity index (χ0v) is 51.4. The molecule has 0 heterocycles. The number of ether oxygens (including phenoxy) is 3. The highest BCUT2D eigenvalue weighted by Crippen LogP contribution is 2.16. The number of hydrogen-bond acceptors (Lipinski definition) is 6. The molecular weight excluding hydrogens is 961 g/mol. The Balaban J connectivity index is 4.44. The lowest BCUT2D eigenvalue weighted by atomic mass is 10.1. The van der Waals surface area contributed by atoms with E-state index in [0.29, 0.717) is 19.3 Å². The maximum Gasteiger partial charge on any atom is 0.306 e. The zero-order valence-electron chi connectivity index (χ0n) is 51.4. The zero-order chi connectivity index (χ0) is 56.4. The summed E-state index contributed by atoms with van der Waals surface area (Å²) < 4.78 is 16.9. The fourth-order valence-corrected chi connectivity index (χ4v) is 9.32. The normalized spacial score (nSPS) is 12.7. The Morgan fingerprint density at radius 2 is 0.500 bits per heavy atom. The molecule has 0 fully saturated rings. The maximum absolute atomic E-state index is 12.9. The van der Waals surface area contributed by atoms with Crippen molar-refractivity contribution < 1.29 is 28.6 Å². The van der Waals surface area contributed by atoms with Gasteiger partial charge in [-0.15, -0.1) is 0 Å². The van der Waals surface area contributed by atoms with Gasteiger partial charge in [-0.05, 0) is 122 Å². The molecule has 0 radical (unpaired) electrons. The fourth-order valence-electron chi connectivity index (χ4n) is 9.32. The van der Waals surface area contributed by atoms with Crippen LogP contribution in [0.25, 0.3) is 0 Å². The molecule has 0 bridgehead atoms. The van der Waals surface area contributed by atoms with Gasteiger partial charge in [-0.3, -0.25) is 14.4 Å². The Hall–Kier alpha value is -3.67. The Labute approximate surface area is 483 Å². The number of unbranched alkanes of at least 4 members (excludes halogenated alkanes) is 33. The van der Waals surface area contributed by atoms with Gasteiger partial charge in [0.05, 0.1) is 0 Å². The predicted octanol–water partition coefficient (Wildman–Crippen LogP) is 22.8. The van der Waals surface area contributed by atoms with Gasteiger partial charge in [0.25, 0.3) is 0 Å². The number of allylic oxidation sites excluding steroid dienone is 16. The predicted molar refractivity (Wildman–Crippen MR) is 339 cm³/mol. The van der Waals surface area contributed by atoms with Gasteiger partial charge in [0, 0.05) is 19.3 Å². The molecule has 0 aliphatic carbocycles. The minimum atomic E-state index is -0.794. The number of hydrogen-bond donors (Lipinski definition) is 0. The van der Waals surface area contributed by atoms with E-state index in [-0.39, 0.29) is 31.1 Å². The largest absolute Gasteiger partial charge is 0.462 e. The van der Waals surface area contributed by atoms with E-state index < -0.39 is 6.10 Å². The van der Waals surface area contributed by atoms with Gasteiger partial charge in [-0.2, -0.15) is 0 Å². The first kappa shape index (κ1) is 74.3. The summed E-state index contributed by atoms with van der Waals surface area (Å²) in [4.78, 5) is 38.4. The van der Waals surface area contributed by atoms with Crippen molar-refractivity contribution in [2.45, 2.75) is 329 Å². The molecule has 0 amide bonds. The number of rotatable bonds is 60. The van der Waals surface area contributed by atoms with Gasteiger partial charge in [-0.1, -0.05) is 279 Å². The minimum Gasteiger partial charge on any atom is -0.462 e. The average Bonchev–Trinajstić information content (AvgIpc) is 3.44. The summed E-state index contributed by atoms with van der Waals surface area (Å²) in [7, 11) is 0. The fraction of sp³-hybridized carbons (Fsp3) is 0.736. The molecule has 78 heavy (non-hydrogen) atoms. The van der Waals surface area contributed by atoms with E-state index in [0.717, 1.165) is 109 Å². The Kier molecular flexibility index (Phi) is 62.7. The monoisotopic (exact) mass is 1080 g/mol. The van der Waals surface area contributed by atoms with Crippen LogP contribution in [-0.2, 0) is 28.6 Å². The summed E-state index contributed by atoms with van der Waals surface area (Å²) in [6.07, 6.45) is 88.4. The van der Waals surface area contributed by atoms with Crippen molar-refractivity contribution >= 4 is 17.9 Å². The second-order valence-electron chi connectivity index (χ2n) is 22.0. The van der Waals surface area contributed by atoms with Crippen molar-refractivity contribution in [2.75, 3.05) is 13.2 Å². The molecule has 6 heteroatoms. The summed E-state index contributed by atoms with van der Waals surface area (Å²) in [5, 5.41) is 0. The van der Waals surface area contributed by atoms with Crippen molar-refractivity contribution in [2.24, 2.45) is 0 Å². The third kappa shape index (κ3) is 63.2. The Morgan fingerprint density at radius 1 is 0.269 bits per heavy atom. The van der Waals surface area contributed by atoms with Crippen LogP contribution in [0.1, 0.15) is 323 Å². The Bertz CT molecular complexity index is 1530. The van der Waals surface area contributed by atoms with E-state index in [1.54, 1.807) is 0 Å². The Morgan fingerprint density at radius 3 is 0.795 bits per heavy atom. The molecule has 6 nitrogen and oxygen atoms in total. The molecule has 0 N–H and O–H groups in total. The van der Waals surface area contributed by atoms with Crippen LogP contribution in [0.2, 0.25) is 0 Å². The maximum atomic E-state index is 12.9. The highest BCUT2D eigenvalue weighted by atomic mass is 16.6. The third-order valence-corrected chi connectivity index (χ3v) is 14.3. The number of carbonyl (C=O) groups is 3. The SMILES string of the molecule is CC/C=C\C/C=C\C/C=C\C/C=C\C/C=C\C/C=C\CCCCCCC(=O)OCC(COC(=O)CCCCCCCCC/C=C\CCCCCCCCC)OC(=O)CCCCCCCCCCC/C=C\CCCCCCCC. The van der Waals surface area contributed by atoms with Crippen LogP contribution in [0.3, 0.4) is 0 Å². The summed E-state index contributed by atoms with van der Waals surface area (Å²) >= 11 is 0. The average molecular weight is 1090 g/mol. The molecule has 0 spiro atoms. The molecule has 0 aliphatic rings. The summed E-state index contributed by atoms with van der Waals surface area (Å²) in [5.74, 6) is -0.907. The lowest BCUT2D eigenvalue weighted by molar-refractivity contribution is -0.167. The molecule has 0 rings (SSSR count). The lowest BCUT2D eigenvalue weighted by Crippen LogP contribution is -2.30. The van der Waals surface area contributed by atoms with Crippen LogP contribution in [0.5, 0.6) is 0 Å². The van der Waals surface area contributed by atoms with Crippen LogP contribution in [0.4, 0.5) is 0 Å². The highest BCUT2D eigenvalue weighted by molar-refractivity contribution is 5.71. The number of esters is 3. The summed E-state index contributed by atoms with van der Waals surface area (Å²) in [6, 6.07) is 0. The molecule has 0 aromatic heterocycles. The molecule has 1 unspecified atom stereocenters. The van der Waals surface area contributed by atoms with E-state index in [9.17, 15) is 14.4 Å². The summed E-state index contributed by atoms with van der Waals surface area (Å²) in [5.41, 5.74) is 0. The van der Waals surface area contributed by atoms with Crippen molar-refractivity contribution in [3.8, 4) is 0 Å². The lowest BCUT2D eigenvalue weighted by Gasteiger charge is -2.18. The van der Waals surface area contributed by atoms with Crippen LogP contribution in [-0.4, -0.2) is 37.2 Å². The van der Waals surface area contributed by atoms with E-state index in [1.165, 1.54) is 173 Å². The van der Waals surface area contributed by atoms with Gasteiger partial charge < -0.3 is 14.2 Å². The van der Waals surface area contributed by atoms with Crippen LogP contribution in [0, 0.1) is 0 Å². The molecule has 1 atom stereocenters. The molecule has 0 aliphatic heterocycles. The molecule has 448 valence electrons. The second-order valence-corrected chi connectivity index (χ2v) is 22.0. The first-order chi connectivity index (χ1) is 38.5. The standard InChI is InChI=1S/C72H124O6/c1-4-7-10-13-16-19-22-25-28-31-34-35-36-37-39-41-44-47-50-53-56-59-62-65-71(74)77-68-69(67-76-70(73)64-61-58-55-52-49-46-43-40-33-30-27-24-21-18-15-12-9-6-3)78-72(75)66-63-60-57-54-51-48-45-42-38-32-29-26-23-20-17-14-11-8-5-2/h7,10,16,19,25-26,28-30,33-35,37,39,44,47,69H,4-6,8-9,11-15,17-18,20-24,27,31-32,36,38,40-43,45-46,48-68H2,1-3H3/b10-7-,19-16-,28-25-,29-26-,33-30-,35-34-,39-37-,47-44-. The van der Waals surface area contributed by atoms with Crippen molar-refractivity contribution in [1.29, 1.82) is 0 Å². The van der Waals surface area contributed by atoms with Crippen molar-refractivity contribution in [3.05, 3.63) is 97.2 Å². The minimum absolute atomic E-state index is 0.0879. The molecular formula is C72H124O6. The van der Waals surface area contributed by atoms with Gasteiger partial charge in [0.15, 0.2) is 6.10 Å². The van der Waals surface area contributed by atoms with Crippen LogP contribution >= 0.6 is 0 Å². The van der Waals surface area contributed by atoms with Gasteiger partial charge >= 0.3 is 17.9 Å². The van der Waals surface area contributed by atoms with E-state index >= 15 is 0 Å². The van der Waals surface area contributed by atoms with E-state index in [1.807, 2.05) is 0 Å². The quantitative estimate of drug-likeness (QED) is 0.0261. The first-order valence-corrected chi connectivity index (χ1v) is 33.2. The third-order valence-electron chi connectivity index (χ3n) is 14.3.